The van der Waals surface area contributed by atoms with Crippen molar-refractivity contribution in [2.75, 3.05) is 6.61 Å². The molecule has 0 atom stereocenters. The van der Waals surface area contributed by atoms with Crippen molar-refractivity contribution in [1.29, 1.82) is 5.26 Å². The molecule has 0 unspecified atom stereocenters. The summed E-state index contributed by atoms with van der Waals surface area (Å²) in [5.74, 6) is 1.74. The van der Waals surface area contributed by atoms with Crippen LogP contribution in [0.15, 0.2) is 40.8 Å². The lowest BCUT2D eigenvalue weighted by molar-refractivity contribution is 0.335. The van der Waals surface area contributed by atoms with Crippen LogP contribution in [0.4, 0.5) is 0 Å². The number of rotatable bonds is 3. The van der Waals surface area contributed by atoms with Gasteiger partial charge >= 0.3 is 0 Å². The highest BCUT2D eigenvalue weighted by atomic mass is 16.5. The molecule has 2 aromatic carbocycles. The van der Waals surface area contributed by atoms with Crippen LogP contribution in [0.5, 0.6) is 5.75 Å². The van der Waals surface area contributed by atoms with E-state index in [2.05, 4.69) is 18.2 Å². The molecule has 0 fully saturated rings. The maximum Gasteiger partial charge on any atom is 0.135 e. The summed E-state index contributed by atoms with van der Waals surface area (Å²) in [5, 5.41) is 9.92. The summed E-state index contributed by atoms with van der Waals surface area (Å²) >= 11 is 0. The highest BCUT2D eigenvalue weighted by Crippen LogP contribution is 2.33. The van der Waals surface area contributed by atoms with Crippen molar-refractivity contribution in [3.05, 3.63) is 53.1 Å². The van der Waals surface area contributed by atoms with Crippen LogP contribution in [0.2, 0.25) is 0 Å². The van der Waals surface area contributed by atoms with E-state index in [4.69, 9.17) is 14.4 Å². The van der Waals surface area contributed by atoms with Gasteiger partial charge in [-0.05, 0) is 68.3 Å². The van der Waals surface area contributed by atoms with Crippen LogP contribution in [0.3, 0.4) is 0 Å². The van der Waals surface area contributed by atoms with Crippen LogP contribution in [0, 0.1) is 25.2 Å². The second kappa shape index (κ2) is 5.57. The van der Waals surface area contributed by atoms with Gasteiger partial charge in [-0.3, -0.25) is 0 Å². The number of aryl methyl sites for hydroxylation is 2. The second-order valence-corrected chi connectivity index (χ2v) is 5.35. The average molecular weight is 291 g/mol. The van der Waals surface area contributed by atoms with E-state index in [1.807, 2.05) is 39.0 Å². The quantitative estimate of drug-likeness (QED) is 0.683. The lowest BCUT2D eigenvalue weighted by atomic mass is 10.0. The van der Waals surface area contributed by atoms with Gasteiger partial charge in [0.1, 0.15) is 17.1 Å². The lowest BCUT2D eigenvalue weighted by Crippen LogP contribution is -1.97. The number of hydrogen-bond donors (Lipinski definition) is 0. The lowest BCUT2D eigenvalue weighted by Gasteiger charge is -2.11. The van der Waals surface area contributed by atoms with Gasteiger partial charge in [0.05, 0.1) is 18.2 Å². The summed E-state index contributed by atoms with van der Waals surface area (Å²) < 4.78 is 11.6. The molecular formula is C19H17NO2. The van der Waals surface area contributed by atoms with Gasteiger partial charge in [0.15, 0.2) is 0 Å². The first-order valence-electron chi connectivity index (χ1n) is 7.30. The van der Waals surface area contributed by atoms with E-state index < -0.39 is 0 Å². The largest absolute Gasteiger partial charge is 0.493 e. The van der Waals surface area contributed by atoms with Gasteiger partial charge in [0.25, 0.3) is 0 Å². The standard InChI is InChI=1S/C19H17NO2/c1-4-21-19-12(2)7-15(8-13(19)3)18-10-16-9-14(11-20)5-6-17(16)22-18/h5-10H,4H2,1-3H3. The molecule has 0 aliphatic heterocycles. The fourth-order valence-electron chi connectivity index (χ4n) is 2.72. The third kappa shape index (κ3) is 2.44. The zero-order chi connectivity index (χ0) is 15.7. The van der Waals surface area contributed by atoms with E-state index in [0.29, 0.717) is 12.2 Å². The Bertz CT molecular complexity index is 861. The Balaban J connectivity index is 2.09. The van der Waals surface area contributed by atoms with E-state index >= 15 is 0 Å². The Morgan fingerprint density at radius 1 is 1.09 bits per heavy atom. The SMILES string of the molecule is CCOc1c(C)cc(-c2cc3cc(C#N)ccc3o2)cc1C. The number of hydrogen-bond acceptors (Lipinski definition) is 3. The maximum absolute atomic E-state index is 8.98. The molecule has 1 heterocycles. The van der Waals surface area contributed by atoms with E-state index in [-0.39, 0.29) is 0 Å². The van der Waals surface area contributed by atoms with Gasteiger partial charge in [-0.1, -0.05) is 0 Å². The first kappa shape index (κ1) is 14.2. The molecule has 0 spiro atoms. The minimum Gasteiger partial charge on any atom is -0.493 e. The van der Waals surface area contributed by atoms with Crippen molar-refractivity contribution in [3.63, 3.8) is 0 Å². The Morgan fingerprint density at radius 2 is 1.82 bits per heavy atom. The van der Waals surface area contributed by atoms with E-state index in [9.17, 15) is 0 Å². The first-order valence-corrected chi connectivity index (χ1v) is 7.30. The molecule has 0 radical (unpaired) electrons. The highest BCUT2D eigenvalue weighted by Gasteiger charge is 2.11. The molecule has 0 aliphatic rings. The highest BCUT2D eigenvalue weighted by molar-refractivity contribution is 5.84. The molecular weight excluding hydrogens is 274 g/mol. The molecule has 0 saturated carbocycles. The van der Waals surface area contributed by atoms with Gasteiger partial charge in [-0.15, -0.1) is 0 Å². The minimum absolute atomic E-state index is 0.638. The molecule has 3 rings (SSSR count). The number of nitriles is 1. The van der Waals surface area contributed by atoms with E-state index in [1.54, 1.807) is 6.07 Å². The van der Waals surface area contributed by atoms with Crippen LogP contribution in [-0.4, -0.2) is 6.61 Å². The Morgan fingerprint density at radius 3 is 2.45 bits per heavy atom. The summed E-state index contributed by atoms with van der Waals surface area (Å²) in [7, 11) is 0. The fraction of sp³-hybridized carbons (Fsp3) is 0.211. The maximum atomic E-state index is 8.98. The molecule has 0 amide bonds. The van der Waals surface area contributed by atoms with Crippen molar-refractivity contribution < 1.29 is 9.15 Å². The third-order valence-corrected chi connectivity index (χ3v) is 3.68. The Labute approximate surface area is 129 Å². The van der Waals surface area contributed by atoms with Gasteiger partial charge in [0, 0.05) is 10.9 Å². The normalized spacial score (nSPS) is 10.6. The zero-order valence-electron chi connectivity index (χ0n) is 12.9. The third-order valence-electron chi connectivity index (χ3n) is 3.68. The number of fused-ring (bicyclic) bond motifs is 1. The fourth-order valence-corrected chi connectivity index (χ4v) is 2.72. The monoisotopic (exact) mass is 291 g/mol. The molecule has 3 heteroatoms. The second-order valence-electron chi connectivity index (χ2n) is 5.35. The molecule has 1 aromatic heterocycles. The predicted molar refractivity (Wildman–Crippen MR) is 87.0 cm³/mol. The molecule has 110 valence electrons. The molecule has 22 heavy (non-hydrogen) atoms. The van der Waals surface area contributed by atoms with Crippen LogP contribution in [0.1, 0.15) is 23.6 Å². The Hall–Kier alpha value is -2.73. The molecule has 3 aromatic rings. The van der Waals surface area contributed by atoms with Crippen molar-refractivity contribution in [3.8, 4) is 23.1 Å². The first-order chi connectivity index (χ1) is 10.6. The molecule has 3 nitrogen and oxygen atoms in total. The minimum atomic E-state index is 0.638. The molecule has 0 saturated heterocycles. The van der Waals surface area contributed by atoms with Crippen LogP contribution < -0.4 is 4.74 Å². The van der Waals surface area contributed by atoms with Crippen LogP contribution >= 0.6 is 0 Å². The topological polar surface area (TPSA) is 46.2 Å². The average Bonchev–Trinajstić information content (AvgIpc) is 2.93. The Kier molecular flexibility index (Phi) is 3.60. The number of furan rings is 1. The van der Waals surface area contributed by atoms with E-state index in [1.165, 1.54) is 0 Å². The van der Waals surface area contributed by atoms with Gasteiger partial charge in [-0.25, -0.2) is 0 Å². The van der Waals surface area contributed by atoms with Crippen molar-refractivity contribution in [1.82, 2.24) is 0 Å². The van der Waals surface area contributed by atoms with Crippen molar-refractivity contribution in [2.45, 2.75) is 20.8 Å². The summed E-state index contributed by atoms with van der Waals surface area (Å²) in [6.45, 7) is 6.72. The van der Waals surface area contributed by atoms with E-state index in [0.717, 1.165) is 39.2 Å². The van der Waals surface area contributed by atoms with Crippen LogP contribution in [-0.2, 0) is 0 Å². The summed E-state index contributed by atoms with van der Waals surface area (Å²) in [5.41, 5.74) is 4.63. The molecule has 0 bridgehead atoms. The molecule has 0 aliphatic carbocycles. The van der Waals surface area contributed by atoms with Crippen molar-refractivity contribution >= 4 is 11.0 Å². The van der Waals surface area contributed by atoms with Crippen molar-refractivity contribution in [2.24, 2.45) is 0 Å². The smallest absolute Gasteiger partial charge is 0.135 e. The van der Waals surface area contributed by atoms with Gasteiger partial charge < -0.3 is 9.15 Å². The zero-order valence-corrected chi connectivity index (χ0v) is 12.9. The summed E-state index contributed by atoms with van der Waals surface area (Å²) in [4.78, 5) is 0. The summed E-state index contributed by atoms with van der Waals surface area (Å²) in [6, 6.07) is 13.7. The number of benzene rings is 2. The summed E-state index contributed by atoms with van der Waals surface area (Å²) in [6.07, 6.45) is 0. The molecule has 0 N–H and O–H groups in total. The van der Waals surface area contributed by atoms with Gasteiger partial charge in [-0.2, -0.15) is 5.26 Å². The number of ether oxygens (including phenoxy) is 1. The van der Waals surface area contributed by atoms with Crippen LogP contribution in [0.25, 0.3) is 22.3 Å². The number of nitrogens with zero attached hydrogens (tertiary/aromatic N) is 1. The van der Waals surface area contributed by atoms with Gasteiger partial charge in [0.2, 0.25) is 0 Å². The predicted octanol–water partition coefficient (Wildman–Crippen LogP) is 4.99.